The molecule has 1 saturated heterocycles. The molecule has 1 fully saturated rings. The van der Waals surface area contributed by atoms with E-state index in [1.165, 1.54) is 0 Å². The van der Waals surface area contributed by atoms with Crippen molar-refractivity contribution >= 4 is 12.8 Å². The molecule has 0 N–H and O–H groups in total. The summed E-state index contributed by atoms with van der Waals surface area (Å²) in [5.74, 6) is 0. The third-order valence-electron chi connectivity index (χ3n) is 3.60. The summed E-state index contributed by atoms with van der Waals surface area (Å²) in [7, 11) is -0.467. The van der Waals surface area contributed by atoms with Crippen LogP contribution in [0, 0.1) is 0 Å². The summed E-state index contributed by atoms with van der Waals surface area (Å²) in [6.07, 6.45) is 4.59. The highest BCUT2D eigenvalue weighted by molar-refractivity contribution is 6.60. The van der Waals surface area contributed by atoms with Gasteiger partial charge in [0.1, 0.15) is 0 Å². The number of hydrogen-bond acceptors (Lipinski definition) is 4. The van der Waals surface area contributed by atoms with Crippen molar-refractivity contribution in [2.75, 3.05) is 0 Å². The molecule has 4 nitrogen and oxygen atoms in total. The maximum atomic E-state index is 5.88. The van der Waals surface area contributed by atoms with Crippen molar-refractivity contribution in [2.24, 2.45) is 0 Å². The Kier molecular flexibility index (Phi) is 3.00. The molecule has 17 heavy (non-hydrogen) atoms. The first-order valence-electron chi connectivity index (χ1n) is 6.02. The SMILES string of the molecule is CCc1cnc(B2OC(C)(C)C(C)(C)O2)nc1. The molecule has 0 aliphatic carbocycles. The molecule has 0 bridgehead atoms. The van der Waals surface area contributed by atoms with E-state index in [0.717, 1.165) is 12.0 Å². The zero-order valence-corrected chi connectivity index (χ0v) is 11.2. The van der Waals surface area contributed by atoms with E-state index in [4.69, 9.17) is 9.31 Å². The zero-order valence-electron chi connectivity index (χ0n) is 11.2. The van der Waals surface area contributed by atoms with Crippen molar-refractivity contribution < 1.29 is 9.31 Å². The van der Waals surface area contributed by atoms with Crippen LogP contribution in [0.3, 0.4) is 0 Å². The van der Waals surface area contributed by atoms with Crippen molar-refractivity contribution in [1.82, 2.24) is 9.97 Å². The lowest BCUT2D eigenvalue weighted by atomic mass is 9.89. The van der Waals surface area contributed by atoms with Gasteiger partial charge in [-0.05, 0) is 39.7 Å². The van der Waals surface area contributed by atoms with Crippen LogP contribution in [0.5, 0.6) is 0 Å². The lowest BCUT2D eigenvalue weighted by Gasteiger charge is -2.32. The van der Waals surface area contributed by atoms with Gasteiger partial charge in [0.25, 0.3) is 0 Å². The molecule has 0 amide bonds. The van der Waals surface area contributed by atoms with Gasteiger partial charge in [0.05, 0.1) is 11.2 Å². The Hall–Kier alpha value is -0.935. The first-order valence-corrected chi connectivity index (χ1v) is 6.02. The van der Waals surface area contributed by atoms with Crippen molar-refractivity contribution in [3.05, 3.63) is 18.0 Å². The standard InChI is InChI=1S/C12H19BN2O2/c1-6-9-7-14-10(15-8-9)13-16-11(2,3)12(4,5)17-13/h7-8H,6H2,1-5H3. The van der Waals surface area contributed by atoms with Crippen molar-refractivity contribution in [3.8, 4) is 0 Å². The molecular formula is C12H19BN2O2. The van der Waals surface area contributed by atoms with Crippen molar-refractivity contribution in [2.45, 2.75) is 52.2 Å². The maximum absolute atomic E-state index is 5.88. The average Bonchev–Trinajstić information content (AvgIpc) is 2.48. The second-order valence-corrected chi connectivity index (χ2v) is 5.39. The second-order valence-electron chi connectivity index (χ2n) is 5.39. The largest absolute Gasteiger partial charge is 0.534 e. The summed E-state index contributed by atoms with van der Waals surface area (Å²) < 4.78 is 11.8. The van der Waals surface area contributed by atoms with Crippen LogP contribution < -0.4 is 5.72 Å². The second kappa shape index (κ2) is 4.07. The molecule has 92 valence electrons. The molecule has 0 unspecified atom stereocenters. The fraction of sp³-hybridized carbons (Fsp3) is 0.667. The van der Waals surface area contributed by atoms with Crippen LogP contribution in [0.4, 0.5) is 0 Å². The quantitative estimate of drug-likeness (QED) is 0.724. The van der Waals surface area contributed by atoms with Gasteiger partial charge >= 0.3 is 7.12 Å². The van der Waals surface area contributed by atoms with Gasteiger partial charge in [0.15, 0.2) is 5.72 Å². The lowest BCUT2D eigenvalue weighted by molar-refractivity contribution is 0.00578. The number of nitrogens with zero attached hydrogens (tertiary/aromatic N) is 2. The van der Waals surface area contributed by atoms with Crippen molar-refractivity contribution in [3.63, 3.8) is 0 Å². The summed E-state index contributed by atoms with van der Waals surface area (Å²) >= 11 is 0. The monoisotopic (exact) mass is 234 g/mol. The summed E-state index contributed by atoms with van der Waals surface area (Å²) in [6, 6.07) is 0. The lowest BCUT2D eigenvalue weighted by Crippen LogP contribution is -2.41. The van der Waals surface area contributed by atoms with Crippen LogP contribution in [0.1, 0.15) is 40.2 Å². The number of aryl methyl sites for hydroxylation is 1. The molecule has 1 aromatic rings. The molecule has 2 heterocycles. The minimum Gasteiger partial charge on any atom is -0.397 e. The van der Waals surface area contributed by atoms with Crippen LogP contribution in [0.25, 0.3) is 0 Å². The zero-order chi connectivity index (χ0) is 12.7. The molecule has 0 atom stereocenters. The van der Waals surface area contributed by atoms with Gasteiger partial charge in [-0.1, -0.05) is 6.92 Å². The summed E-state index contributed by atoms with van der Waals surface area (Å²) in [5, 5.41) is 0. The minimum atomic E-state index is -0.467. The Morgan fingerprint density at radius 2 is 1.53 bits per heavy atom. The summed E-state index contributed by atoms with van der Waals surface area (Å²) in [5.41, 5.74) is 1.03. The predicted octanol–water partition coefficient (Wildman–Crippen LogP) is 1.34. The van der Waals surface area contributed by atoms with Crippen LogP contribution in [-0.2, 0) is 15.7 Å². The van der Waals surface area contributed by atoms with E-state index in [0.29, 0.717) is 5.72 Å². The Morgan fingerprint density at radius 3 is 1.94 bits per heavy atom. The van der Waals surface area contributed by atoms with E-state index in [9.17, 15) is 0 Å². The molecule has 5 heteroatoms. The highest BCUT2D eigenvalue weighted by atomic mass is 16.7. The van der Waals surface area contributed by atoms with Crippen molar-refractivity contribution in [1.29, 1.82) is 0 Å². The van der Waals surface area contributed by atoms with E-state index in [1.54, 1.807) is 0 Å². The topological polar surface area (TPSA) is 44.2 Å². The van der Waals surface area contributed by atoms with E-state index >= 15 is 0 Å². The Bertz CT molecular complexity index is 387. The first kappa shape index (κ1) is 12.5. The molecule has 0 spiro atoms. The van der Waals surface area contributed by atoms with Gasteiger partial charge in [-0.25, -0.2) is 9.97 Å². The third kappa shape index (κ3) is 2.22. The number of rotatable bonds is 2. The van der Waals surface area contributed by atoms with E-state index in [2.05, 4.69) is 16.9 Å². The summed E-state index contributed by atoms with van der Waals surface area (Å²) in [4.78, 5) is 8.60. The normalized spacial score (nSPS) is 21.8. The number of hydrogen-bond donors (Lipinski definition) is 0. The predicted molar refractivity (Wildman–Crippen MR) is 67.1 cm³/mol. The highest BCUT2D eigenvalue weighted by Gasteiger charge is 2.53. The fourth-order valence-electron chi connectivity index (χ4n) is 1.62. The first-order chi connectivity index (χ1) is 7.86. The van der Waals surface area contributed by atoms with Crippen LogP contribution in [-0.4, -0.2) is 28.3 Å². The smallest absolute Gasteiger partial charge is 0.397 e. The van der Waals surface area contributed by atoms with Crippen LogP contribution in [0.2, 0.25) is 0 Å². The van der Waals surface area contributed by atoms with E-state index in [-0.39, 0.29) is 11.2 Å². The summed E-state index contributed by atoms with van der Waals surface area (Å²) in [6.45, 7) is 10.2. The van der Waals surface area contributed by atoms with Crippen LogP contribution in [0.15, 0.2) is 12.4 Å². The molecule has 1 aliphatic rings. The highest BCUT2D eigenvalue weighted by Crippen LogP contribution is 2.36. The molecule has 0 aromatic carbocycles. The molecule has 1 aliphatic heterocycles. The Balaban J connectivity index is 2.20. The van der Waals surface area contributed by atoms with Gasteiger partial charge in [0.2, 0.25) is 0 Å². The van der Waals surface area contributed by atoms with Gasteiger partial charge in [-0.3, -0.25) is 0 Å². The third-order valence-corrected chi connectivity index (χ3v) is 3.60. The maximum Gasteiger partial charge on any atom is 0.534 e. The molecule has 1 aromatic heterocycles. The molecule has 2 rings (SSSR count). The van der Waals surface area contributed by atoms with Gasteiger partial charge < -0.3 is 9.31 Å². The number of aromatic nitrogens is 2. The molecular weight excluding hydrogens is 215 g/mol. The minimum absolute atomic E-state index is 0.343. The van der Waals surface area contributed by atoms with Crippen LogP contribution >= 0.6 is 0 Å². The fourth-order valence-corrected chi connectivity index (χ4v) is 1.62. The van der Waals surface area contributed by atoms with Gasteiger partial charge in [-0.2, -0.15) is 0 Å². The average molecular weight is 234 g/mol. The Morgan fingerprint density at radius 1 is 1.06 bits per heavy atom. The van der Waals surface area contributed by atoms with Gasteiger partial charge in [0, 0.05) is 12.4 Å². The van der Waals surface area contributed by atoms with Gasteiger partial charge in [-0.15, -0.1) is 0 Å². The molecule has 0 saturated carbocycles. The van der Waals surface area contributed by atoms with E-state index < -0.39 is 7.12 Å². The van der Waals surface area contributed by atoms with E-state index in [1.807, 2.05) is 40.1 Å². The molecule has 0 radical (unpaired) electrons. The Labute approximate surface area is 103 Å².